The van der Waals surface area contributed by atoms with Gasteiger partial charge in [-0.2, -0.15) is 13.2 Å². The second kappa shape index (κ2) is 6.59. The first-order chi connectivity index (χ1) is 12.2. The Morgan fingerprint density at radius 1 is 1.19 bits per heavy atom. The summed E-state index contributed by atoms with van der Waals surface area (Å²) in [6, 6.07) is 7.58. The molecule has 3 rings (SSSR count). The average molecular weight is 360 g/mol. The summed E-state index contributed by atoms with van der Waals surface area (Å²) >= 11 is 0. The maximum Gasteiger partial charge on any atom is 0.416 e. The van der Waals surface area contributed by atoms with Crippen LogP contribution in [-0.2, 0) is 12.6 Å². The molecule has 2 aromatic carbocycles. The molecule has 26 heavy (non-hydrogen) atoms. The molecule has 1 amide bonds. The first kappa shape index (κ1) is 18.2. The lowest BCUT2D eigenvalue weighted by atomic mass is 10.0. The third-order valence-electron chi connectivity index (χ3n) is 4.62. The molecule has 0 saturated carbocycles. The van der Waals surface area contributed by atoms with E-state index in [4.69, 9.17) is 0 Å². The molecular weight excluding hydrogens is 341 g/mol. The second-order valence-corrected chi connectivity index (χ2v) is 6.35. The van der Waals surface area contributed by atoms with Gasteiger partial charge in [0.1, 0.15) is 0 Å². The maximum atomic E-state index is 13.2. The number of carbonyl (C=O) groups is 1. The Balaban J connectivity index is 2.01. The zero-order chi connectivity index (χ0) is 19.1. The fraction of sp³-hybridized carbons (Fsp3) is 0.300. The molecule has 0 spiro atoms. The van der Waals surface area contributed by atoms with Crippen molar-refractivity contribution in [3.8, 4) is 0 Å². The number of hydrogen-bond donors (Lipinski definition) is 0. The van der Waals surface area contributed by atoms with E-state index in [1.165, 1.54) is 11.0 Å². The van der Waals surface area contributed by atoms with E-state index in [2.05, 4.69) is 4.99 Å². The van der Waals surface area contributed by atoms with E-state index in [-0.39, 0.29) is 24.4 Å². The van der Waals surface area contributed by atoms with Crippen LogP contribution < -0.4 is 4.90 Å². The number of aryl methyl sites for hydroxylation is 2. The normalized spacial score (nSPS) is 14.2. The summed E-state index contributed by atoms with van der Waals surface area (Å²) in [6.07, 6.45) is -2.54. The summed E-state index contributed by atoms with van der Waals surface area (Å²) in [4.78, 5) is 18.7. The number of carbonyl (C=O) groups excluding carboxylic acids is 1. The van der Waals surface area contributed by atoms with E-state index in [1.54, 1.807) is 18.3 Å². The summed E-state index contributed by atoms with van der Waals surface area (Å²) in [7, 11) is 0. The molecule has 0 aromatic heterocycles. The third kappa shape index (κ3) is 3.11. The van der Waals surface area contributed by atoms with Crippen molar-refractivity contribution in [2.75, 3.05) is 11.4 Å². The van der Waals surface area contributed by atoms with Crippen molar-refractivity contribution in [1.29, 1.82) is 0 Å². The maximum absolute atomic E-state index is 13.2. The van der Waals surface area contributed by atoms with E-state index >= 15 is 0 Å². The monoisotopic (exact) mass is 360 g/mol. The molecule has 0 unspecified atom stereocenters. The average Bonchev–Trinajstić information content (AvgIpc) is 3.00. The number of amides is 1. The Kier molecular flexibility index (Phi) is 4.61. The summed E-state index contributed by atoms with van der Waals surface area (Å²) in [5.74, 6) is -0.282. The summed E-state index contributed by atoms with van der Waals surface area (Å²) in [5.41, 5.74) is 2.74. The standard InChI is InChI=1S/C20H19F3N2O/c1-4-24-17-11-12(2)15(10-13(17)3)19(26)25-9-8-14-16(20(21,22)23)6-5-7-18(14)25/h4-7,10-11H,8-9H2,1-3H3. The van der Waals surface area contributed by atoms with Gasteiger partial charge in [0.05, 0.1) is 11.3 Å². The van der Waals surface area contributed by atoms with Gasteiger partial charge in [0.2, 0.25) is 0 Å². The Labute approximate surface area is 150 Å². The first-order valence-corrected chi connectivity index (χ1v) is 8.35. The summed E-state index contributed by atoms with van der Waals surface area (Å²) in [5, 5.41) is 0. The molecule has 0 atom stereocenters. The first-order valence-electron chi connectivity index (χ1n) is 8.35. The number of halogens is 3. The van der Waals surface area contributed by atoms with Crippen molar-refractivity contribution in [2.24, 2.45) is 4.99 Å². The van der Waals surface area contributed by atoms with Gasteiger partial charge in [-0.25, -0.2) is 0 Å². The number of anilines is 1. The minimum Gasteiger partial charge on any atom is -0.308 e. The van der Waals surface area contributed by atoms with Crippen LogP contribution in [0.15, 0.2) is 35.3 Å². The molecule has 1 heterocycles. The van der Waals surface area contributed by atoms with Gasteiger partial charge in [0.25, 0.3) is 5.91 Å². The van der Waals surface area contributed by atoms with Gasteiger partial charge in [-0.15, -0.1) is 0 Å². The largest absolute Gasteiger partial charge is 0.416 e. The van der Waals surface area contributed by atoms with Crippen molar-refractivity contribution < 1.29 is 18.0 Å². The SMILES string of the molecule is CC=Nc1cc(C)c(C(=O)N2CCc3c2cccc3C(F)(F)F)cc1C. The van der Waals surface area contributed by atoms with Gasteiger partial charge in [0, 0.05) is 24.0 Å². The number of benzene rings is 2. The van der Waals surface area contributed by atoms with E-state index in [0.29, 0.717) is 11.3 Å². The Morgan fingerprint density at radius 2 is 1.92 bits per heavy atom. The molecule has 6 heteroatoms. The van der Waals surface area contributed by atoms with Gasteiger partial charge in [-0.05, 0) is 68.1 Å². The summed E-state index contributed by atoms with van der Waals surface area (Å²) < 4.78 is 39.6. The quantitative estimate of drug-likeness (QED) is 0.674. The van der Waals surface area contributed by atoms with Crippen LogP contribution >= 0.6 is 0 Å². The van der Waals surface area contributed by atoms with Gasteiger partial charge < -0.3 is 4.90 Å². The molecule has 0 N–H and O–H groups in total. The molecule has 0 aliphatic carbocycles. The predicted octanol–water partition coefficient (Wildman–Crippen LogP) is 5.25. The second-order valence-electron chi connectivity index (χ2n) is 6.35. The number of aliphatic imine (C=N–C) groups is 1. The molecule has 3 nitrogen and oxygen atoms in total. The van der Waals surface area contributed by atoms with Gasteiger partial charge in [-0.3, -0.25) is 9.79 Å². The van der Waals surface area contributed by atoms with E-state index < -0.39 is 11.7 Å². The Bertz CT molecular complexity index is 901. The smallest absolute Gasteiger partial charge is 0.308 e. The van der Waals surface area contributed by atoms with Gasteiger partial charge in [-0.1, -0.05) is 6.07 Å². The molecule has 0 fully saturated rings. The minimum absolute atomic E-state index is 0.190. The molecule has 0 radical (unpaired) electrons. The molecule has 2 aromatic rings. The third-order valence-corrected chi connectivity index (χ3v) is 4.62. The zero-order valence-electron chi connectivity index (χ0n) is 14.8. The van der Waals surface area contributed by atoms with Crippen molar-refractivity contribution in [1.82, 2.24) is 0 Å². The molecule has 1 aliphatic heterocycles. The highest BCUT2D eigenvalue weighted by Gasteiger charge is 2.38. The molecule has 136 valence electrons. The minimum atomic E-state index is -4.42. The van der Waals surface area contributed by atoms with Crippen LogP contribution in [0.1, 0.15) is 39.5 Å². The fourth-order valence-corrected chi connectivity index (χ4v) is 3.37. The van der Waals surface area contributed by atoms with Crippen molar-refractivity contribution >= 4 is 23.5 Å². The van der Waals surface area contributed by atoms with Crippen LogP contribution in [-0.4, -0.2) is 18.7 Å². The topological polar surface area (TPSA) is 32.7 Å². The zero-order valence-corrected chi connectivity index (χ0v) is 14.8. The Morgan fingerprint density at radius 3 is 2.58 bits per heavy atom. The van der Waals surface area contributed by atoms with E-state index in [1.807, 2.05) is 26.8 Å². The van der Waals surface area contributed by atoms with Crippen LogP contribution in [0.2, 0.25) is 0 Å². The summed E-state index contributed by atoms with van der Waals surface area (Å²) in [6.45, 7) is 5.73. The van der Waals surface area contributed by atoms with Crippen molar-refractivity contribution in [3.63, 3.8) is 0 Å². The van der Waals surface area contributed by atoms with Gasteiger partial charge >= 0.3 is 6.18 Å². The predicted molar refractivity (Wildman–Crippen MR) is 96.6 cm³/mol. The molecule has 0 bridgehead atoms. The highest BCUT2D eigenvalue weighted by Crippen LogP contribution is 2.40. The Hall–Kier alpha value is -2.63. The van der Waals surface area contributed by atoms with Crippen molar-refractivity contribution in [2.45, 2.75) is 33.4 Å². The number of rotatable bonds is 2. The molecule has 0 saturated heterocycles. The van der Waals surface area contributed by atoms with Crippen LogP contribution in [0.25, 0.3) is 0 Å². The number of hydrogen-bond acceptors (Lipinski definition) is 2. The van der Waals surface area contributed by atoms with Crippen LogP contribution in [0.4, 0.5) is 24.5 Å². The lowest BCUT2D eigenvalue weighted by molar-refractivity contribution is -0.138. The highest BCUT2D eigenvalue weighted by molar-refractivity contribution is 6.08. The van der Waals surface area contributed by atoms with Crippen molar-refractivity contribution in [3.05, 3.63) is 58.1 Å². The molecular formula is C20H19F3N2O. The molecule has 1 aliphatic rings. The fourth-order valence-electron chi connectivity index (χ4n) is 3.37. The lowest BCUT2D eigenvalue weighted by Gasteiger charge is -2.20. The van der Waals surface area contributed by atoms with Crippen LogP contribution in [0.5, 0.6) is 0 Å². The lowest BCUT2D eigenvalue weighted by Crippen LogP contribution is -2.29. The number of alkyl halides is 3. The number of nitrogens with zero attached hydrogens (tertiary/aromatic N) is 2. The number of fused-ring (bicyclic) bond motifs is 1. The van der Waals surface area contributed by atoms with Crippen LogP contribution in [0, 0.1) is 13.8 Å². The van der Waals surface area contributed by atoms with E-state index in [9.17, 15) is 18.0 Å². The van der Waals surface area contributed by atoms with E-state index in [0.717, 1.165) is 22.9 Å². The van der Waals surface area contributed by atoms with Gasteiger partial charge in [0.15, 0.2) is 0 Å². The highest BCUT2D eigenvalue weighted by atomic mass is 19.4. The van der Waals surface area contributed by atoms with Crippen LogP contribution in [0.3, 0.4) is 0 Å².